The summed E-state index contributed by atoms with van der Waals surface area (Å²) in [4.78, 5) is 11.8. The van der Waals surface area contributed by atoms with E-state index in [9.17, 15) is 4.79 Å². The van der Waals surface area contributed by atoms with Crippen molar-refractivity contribution >= 4 is 5.91 Å². The van der Waals surface area contributed by atoms with Crippen LogP contribution in [-0.4, -0.2) is 28.3 Å². The first kappa shape index (κ1) is 15.1. The van der Waals surface area contributed by atoms with Crippen LogP contribution in [0.5, 0.6) is 5.88 Å². The molecule has 0 unspecified atom stereocenters. The van der Waals surface area contributed by atoms with Crippen LogP contribution in [-0.2, 0) is 4.79 Å². The van der Waals surface area contributed by atoms with Gasteiger partial charge in [0.15, 0.2) is 6.10 Å². The van der Waals surface area contributed by atoms with Crippen LogP contribution in [0.25, 0.3) is 5.69 Å². The fraction of sp³-hybridized carbons (Fsp3) is 0.375. The molecule has 1 aromatic heterocycles. The topological polar surface area (TPSA) is 56.1 Å². The van der Waals surface area contributed by atoms with E-state index in [4.69, 9.17) is 4.74 Å². The Labute approximate surface area is 124 Å². The largest absolute Gasteiger partial charge is 0.463 e. The highest BCUT2D eigenvalue weighted by molar-refractivity contribution is 5.80. The number of para-hydroxylation sites is 1. The molecule has 1 heterocycles. The smallest absolute Gasteiger partial charge is 0.260 e. The number of aryl methyl sites for hydroxylation is 1. The number of aromatic nitrogens is 2. The van der Waals surface area contributed by atoms with E-state index in [2.05, 4.69) is 10.4 Å². The van der Waals surface area contributed by atoms with Crippen LogP contribution in [0.1, 0.15) is 25.8 Å². The van der Waals surface area contributed by atoms with E-state index in [0.717, 1.165) is 17.7 Å². The van der Waals surface area contributed by atoms with E-state index in [1.165, 1.54) is 0 Å². The number of nitrogens with zero attached hydrogens (tertiary/aromatic N) is 2. The van der Waals surface area contributed by atoms with Gasteiger partial charge in [0.2, 0.25) is 5.88 Å². The molecule has 2 rings (SSSR count). The zero-order chi connectivity index (χ0) is 15.2. The van der Waals surface area contributed by atoms with Crippen LogP contribution in [0.15, 0.2) is 36.5 Å². The van der Waals surface area contributed by atoms with Crippen molar-refractivity contribution in [2.45, 2.75) is 33.3 Å². The van der Waals surface area contributed by atoms with Crippen LogP contribution in [0.2, 0.25) is 0 Å². The zero-order valence-electron chi connectivity index (χ0n) is 12.7. The van der Waals surface area contributed by atoms with Crippen LogP contribution in [0.3, 0.4) is 0 Å². The van der Waals surface area contributed by atoms with E-state index < -0.39 is 6.10 Å². The summed E-state index contributed by atoms with van der Waals surface area (Å²) in [5.41, 5.74) is 1.85. The Morgan fingerprint density at radius 2 is 2.10 bits per heavy atom. The summed E-state index contributed by atoms with van der Waals surface area (Å²) < 4.78 is 7.41. The van der Waals surface area contributed by atoms with E-state index >= 15 is 0 Å². The Morgan fingerprint density at radius 3 is 2.76 bits per heavy atom. The highest BCUT2D eigenvalue weighted by atomic mass is 16.5. The number of nitrogens with one attached hydrogen (secondary N) is 1. The van der Waals surface area contributed by atoms with Crippen molar-refractivity contribution in [2.75, 3.05) is 6.54 Å². The van der Waals surface area contributed by atoms with Gasteiger partial charge in [-0.05, 0) is 32.4 Å². The predicted octanol–water partition coefficient (Wildman–Crippen LogP) is 2.47. The maximum absolute atomic E-state index is 11.8. The maximum Gasteiger partial charge on any atom is 0.260 e. The van der Waals surface area contributed by atoms with Crippen molar-refractivity contribution in [1.82, 2.24) is 15.1 Å². The molecule has 0 saturated heterocycles. The third-order valence-electron chi connectivity index (χ3n) is 3.08. The zero-order valence-corrected chi connectivity index (χ0v) is 12.7. The SMILES string of the molecule is CCCNC(=O)[C@@H](C)Oc1nn(-c2ccccc2)cc1C. The third-order valence-corrected chi connectivity index (χ3v) is 3.08. The van der Waals surface area contributed by atoms with Crippen molar-refractivity contribution in [3.8, 4) is 11.6 Å². The monoisotopic (exact) mass is 287 g/mol. The molecule has 0 aliphatic rings. The lowest BCUT2D eigenvalue weighted by atomic mass is 10.3. The predicted molar refractivity (Wildman–Crippen MR) is 81.7 cm³/mol. The molecule has 0 aliphatic heterocycles. The second-order valence-corrected chi connectivity index (χ2v) is 4.95. The molecular weight excluding hydrogens is 266 g/mol. The van der Waals surface area contributed by atoms with Gasteiger partial charge in [0, 0.05) is 18.3 Å². The molecule has 0 fully saturated rings. The van der Waals surface area contributed by atoms with E-state index in [1.54, 1.807) is 11.6 Å². The Hall–Kier alpha value is -2.30. The molecule has 0 radical (unpaired) electrons. The fourth-order valence-electron chi connectivity index (χ4n) is 1.89. The summed E-state index contributed by atoms with van der Waals surface area (Å²) in [7, 11) is 0. The van der Waals surface area contributed by atoms with E-state index in [0.29, 0.717) is 12.4 Å². The minimum absolute atomic E-state index is 0.120. The van der Waals surface area contributed by atoms with Crippen molar-refractivity contribution in [1.29, 1.82) is 0 Å². The Bertz CT molecular complexity index is 593. The van der Waals surface area contributed by atoms with Crippen LogP contribution in [0.4, 0.5) is 0 Å². The van der Waals surface area contributed by atoms with E-state index in [-0.39, 0.29) is 5.91 Å². The molecule has 0 aliphatic carbocycles. The van der Waals surface area contributed by atoms with Gasteiger partial charge < -0.3 is 10.1 Å². The summed E-state index contributed by atoms with van der Waals surface area (Å²) in [5.74, 6) is 0.364. The van der Waals surface area contributed by atoms with Crippen LogP contribution < -0.4 is 10.1 Å². The molecule has 0 spiro atoms. The molecule has 1 amide bonds. The quantitative estimate of drug-likeness (QED) is 0.888. The first-order chi connectivity index (χ1) is 10.1. The molecule has 5 heteroatoms. The number of hydrogen-bond acceptors (Lipinski definition) is 3. The summed E-state index contributed by atoms with van der Waals surface area (Å²) >= 11 is 0. The molecule has 112 valence electrons. The van der Waals surface area contributed by atoms with Gasteiger partial charge in [0.05, 0.1) is 5.69 Å². The molecule has 1 aromatic carbocycles. The molecule has 0 bridgehead atoms. The summed E-state index contributed by atoms with van der Waals surface area (Å²) in [5, 5.41) is 7.21. The van der Waals surface area contributed by atoms with Gasteiger partial charge in [-0.1, -0.05) is 25.1 Å². The molecule has 2 aromatic rings. The summed E-state index contributed by atoms with van der Waals surface area (Å²) in [6.45, 7) is 6.31. The molecule has 5 nitrogen and oxygen atoms in total. The average Bonchev–Trinajstić information content (AvgIpc) is 2.86. The Kier molecular flexibility index (Phi) is 4.98. The molecule has 1 atom stereocenters. The number of rotatable bonds is 6. The van der Waals surface area contributed by atoms with Gasteiger partial charge in [-0.2, -0.15) is 0 Å². The van der Waals surface area contributed by atoms with Crippen molar-refractivity contribution in [2.24, 2.45) is 0 Å². The first-order valence-corrected chi connectivity index (χ1v) is 7.18. The van der Waals surface area contributed by atoms with Crippen molar-refractivity contribution in [3.63, 3.8) is 0 Å². The van der Waals surface area contributed by atoms with Gasteiger partial charge in [0.1, 0.15) is 0 Å². The Morgan fingerprint density at radius 1 is 1.38 bits per heavy atom. The summed E-state index contributed by atoms with van der Waals surface area (Å²) in [6.07, 6.45) is 2.23. The average molecular weight is 287 g/mol. The highest BCUT2D eigenvalue weighted by Crippen LogP contribution is 2.19. The van der Waals surface area contributed by atoms with Gasteiger partial charge in [-0.25, -0.2) is 4.68 Å². The molecular formula is C16H21N3O2. The minimum Gasteiger partial charge on any atom is -0.463 e. The number of carbonyl (C=O) groups excluding carboxylic acids is 1. The lowest BCUT2D eigenvalue weighted by molar-refractivity contribution is -0.127. The van der Waals surface area contributed by atoms with Crippen LogP contribution in [0, 0.1) is 6.92 Å². The van der Waals surface area contributed by atoms with Crippen LogP contribution >= 0.6 is 0 Å². The highest BCUT2D eigenvalue weighted by Gasteiger charge is 2.17. The maximum atomic E-state index is 11.8. The molecule has 1 N–H and O–H groups in total. The second-order valence-electron chi connectivity index (χ2n) is 4.95. The van der Waals surface area contributed by atoms with Crippen molar-refractivity contribution in [3.05, 3.63) is 42.1 Å². The Balaban J connectivity index is 2.08. The minimum atomic E-state index is -0.561. The van der Waals surface area contributed by atoms with Crippen molar-refractivity contribution < 1.29 is 9.53 Å². The molecule has 21 heavy (non-hydrogen) atoms. The van der Waals surface area contributed by atoms with Gasteiger partial charge in [-0.15, -0.1) is 5.10 Å². The lowest BCUT2D eigenvalue weighted by Gasteiger charge is -2.12. The lowest BCUT2D eigenvalue weighted by Crippen LogP contribution is -2.36. The van der Waals surface area contributed by atoms with E-state index in [1.807, 2.05) is 50.4 Å². The molecule has 0 saturated carbocycles. The fourth-order valence-corrected chi connectivity index (χ4v) is 1.89. The standard InChI is InChI=1S/C16H21N3O2/c1-4-10-17-15(20)13(3)21-16-12(2)11-19(18-16)14-8-6-5-7-9-14/h5-9,11,13H,4,10H2,1-3H3,(H,17,20)/t13-/m1/s1. The first-order valence-electron chi connectivity index (χ1n) is 7.18. The number of ether oxygens (including phenoxy) is 1. The second kappa shape index (κ2) is 6.92. The number of amides is 1. The van der Waals surface area contributed by atoms with Gasteiger partial charge in [-0.3, -0.25) is 4.79 Å². The number of carbonyl (C=O) groups is 1. The number of benzene rings is 1. The summed E-state index contributed by atoms with van der Waals surface area (Å²) in [6, 6.07) is 9.79. The third kappa shape index (κ3) is 3.84. The van der Waals surface area contributed by atoms with Gasteiger partial charge >= 0.3 is 0 Å². The number of hydrogen-bond donors (Lipinski definition) is 1. The normalized spacial score (nSPS) is 12.0. The van der Waals surface area contributed by atoms with Gasteiger partial charge in [0.25, 0.3) is 5.91 Å².